The molecule has 1 fully saturated rings. The van der Waals surface area contributed by atoms with Gasteiger partial charge >= 0.3 is 0 Å². The van der Waals surface area contributed by atoms with Crippen molar-refractivity contribution in [3.63, 3.8) is 0 Å². The number of nitrogens with zero attached hydrogens (tertiary/aromatic N) is 1. The molecular formula is C23H26N2O2. The van der Waals surface area contributed by atoms with Crippen LogP contribution in [0.15, 0.2) is 42.5 Å². The fourth-order valence-corrected chi connectivity index (χ4v) is 4.27. The Bertz CT molecular complexity index is 890. The highest BCUT2D eigenvalue weighted by Gasteiger charge is 2.27. The second-order valence-corrected chi connectivity index (χ2v) is 7.94. The monoisotopic (exact) mass is 362 g/mol. The lowest BCUT2D eigenvalue weighted by Gasteiger charge is -2.35. The van der Waals surface area contributed by atoms with Crippen molar-refractivity contribution in [3.8, 4) is 11.1 Å². The largest absolute Gasteiger partial charge is 0.350 e. The third-order valence-electron chi connectivity index (χ3n) is 5.86. The number of benzene rings is 2. The summed E-state index contributed by atoms with van der Waals surface area (Å²) in [6, 6.07) is 13.4. The maximum Gasteiger partial charge on any atom is 0.251 e. The number of hydrogen-bond donors (Lipinski definition) is 1. The van der Waals surface area contributed by atoms with Gasteiger partial charge in [-0.3, -0.25) is 14.5 Å². The lowest BCUT2D eigenvalue weighted by Crippen LogP contribution is -2.46. The Morgan fingerprint density at radius 1 is 1.15 bits per heavy atom. The van der Waals surface area contributed by atoms with Crippen LogP contribution in [0.2, 0.25) is 0 Å². The number of carbonyl (C=O) groups is 2. The molecule has 0 aromatic heterocycles. The van der Waals surface area contributed by atoms with Crippen molar-refractivity contribution >= 4 is 11.7 Å². The van der Waals surface area contributed by atoms with Gasteiger partial charge in [0, 0.05) is 35.8 Å². The second kappa shape index (κ2) is 7.28. The summed E-state index contributed by atoms with van der Waals surface area (Å²) < 4.78 is 0. The number of rotatable bonds is 4. The standard InChI is InChI=1S/C23H26N2O2/c1-15-6-5-11-25(14-15)16(2)13-24-23(27)17-9-10-19-18-7-3-4-8-20(18)22(26)21(19)12-17/h3-4,7-10,12,15-16H,5-6,11,13-14H2,1-2H3,(H,24,27). The fraction of sp³-hybridized carbons (Fsp3) is 0.391. The minimum Gasteiger partial charge on any atom is -0.350 e. The van der Waals surface area contributed by atoms with Crippen molar-refractivity contribution in [2.45, 2.75) is 32.7 Å². The van der Waals surface area contributed by atoms with Gasteiger partial charge in [-0.25, -0.2) is 0 Å². The molecule has 0 radical (unpaired) electrons. The van der Waals surface area contributed by atoms with Crippen LogP contribution in [-0.2, 0) is 0 Å². The molecule has 4 rings (SSSR count). The number of ketones is 1. The molecule has 1 heterocycles. The molecule has 27 heavy (non-hydrogen) atoms. The first-order valence-corrected chi connectivity index (χ1v) is 9.85. The van der Waals surface area contributed by atoms with E-state index in [9.17, 15) is 9.59 Å². The summed E-state index contributed by atoms with van der Waals surface area (Å²) in [6.45, 7) is 7.28. The Morgan fingerprint density at radius 3 is 2.67 bits per heavy atom. The Morgan fingerprint density at radius 2 is 1.89 bits per heavy atom. The molecule has 2 atom stereocenters. The summed E-state index contributed by atoms with van der Waals surface area (Å²) in [6.07, 6.45) is 2.52. The molecule has 2 aliphatic rings. The highest BCUT2D eigenvalue weighted by molar-refractivity contribution is 6.22. The van der Waals surface area contributed by atoms with E-state index in [2.05, 4.69) is 24.1 Å². The molecule has 4 nitrogen and oxygen atoms in total. The molecule has 2 aromatic rings. The normalized spacial score (nSPS) is 20.1. The summed E-state index contributed by atoms with van der Waals surface area (Å²) >= 11 is 0. The van der Waals surface area contributed by atoms with Crippen LogP contribution in [0.4, 0.5) is 0 Å². The smallest absolute Gasteiger partial charge is 0.251 e. The van der Waals surface area contributed by atoms with E-state index in [0.717, 1.165) is 35.7 Å². The molecule has 2 unspecified atom stereocenters. The molecule has 1 amide bonds. The van der Waals surface area contributed by atoms with Crippen LogP contribution in [0.5, 0.6) is 0 Å². The lowest BCUT2D eigenvalue weighted by atomic mass is 9.99. The Hall–Kier alpha value is -2.46. The average molecular weight is 362 g/mol. The highest BCUT2D eigenvalue weighted by atomic mass is 16.1. The summed E-state index contributed by atoms with van der Waals surface area (Å²) in [4.78, 5) is 27.7. The number of nitrogens with one attached hydrogen (secondary N) is 1. The van der Waals surface area contributed by atoms with Crippen molar-refractivity contribution in [1.82, 2.24) is 10.2 Å². The number of hydrogen-bond acceptors (Lipinski definition) is 3. The van der Waals surface area contributed by atoms with E-state index in [1.807, 2.05) is 36.4 Å². The van der Waals surface area contributed by atoms with Crippen molar-refractivity contribution in [2.75, 3.05) is 19.6 Å². The van der Waals surface area contributed by atoms with E-state index in [-0.39, 0.29) is 11.7 Å². The zero-order valence-corrected chi connectivity index (χ0v) is 16.0. The quantitative estimate of drug-likeness (QED) is 0.769. The van der Waals surface area contributed by atoms with Gasteiger partial charge in [-0.15, -0.1) is 0 Å². The van der Waals surface area contributed by atoms with Gasteiger partial charge in [0.25, 0.3) is 5.91 Å². The predicted molar refractivity (Wildman–Crippen MR) is 107 cm³/mol. The van der Waals surface area contributed by atoms with Crippen molar-refractivity contribution < 1.29 is 9.59 Å². The summed E-state index contributed by atoms with van der Waals surface area (Å²) in [7, 11) is 0. The number of amides is 1. The summed E-state index contributed by atoms with van der Waals surface area (Å²) in [5, 5.41) is 3.05. The molecule has 140 valence electrons. The van der Waals surface area contributed by atoms with Crippen LogP contribution < -0.4 is 5.32 Å². The first-order valence-electron chi connectivity index (χ1n) is 9.85. The number of fused-ring (bicyclic) bond motifs is 3. The molecule has 1 aliphatic heterocycles. The van der Waals surface area contributed by atoms with Gasteiger partial charge < -0.3 is 5.32 Å². The molecule has 1 saturated heterocycles. The van der Waals surface area contributed by atoms with E-state index < -0.39 is 0 Å². The SMILES string of the molecule is CC1CCCN(C(C)CNC(=O)c2ccc3c(c2)C(=O)c2ccccc2-3)C1. The van der Waals surface area contributed by atoms with Gasteiger partial charge in [0.05, 0.1) is 0 Å². The Balaban J connectivity index is 1.44. The predicted octanol–water partition coefficient (Wildman–Crippen LogP) is 3.75. The second-order valence-electron chi connectivity index (χ2n) is 7.94. The molecule has 1 N–H and O–H groups in total. The van der Waals surface area contributed by atoms with Crippen LogP contribution in [0.3, 0.4) is 0 Å². The molecule has 4 heteroatoms. The van der Waals surface area contributed by atoms with E-state index in [1.165, 1.54) is 12.8 Å². The third-order valence-corrected chi connectivity index (χ3v) is 5.86. The molecule has 0 bridgehead atoms. The molecule has 0 spiro atoms. The van der Waals surface area contributed by atoms with Crippen LogP contribution in [0, 0.1) is 5.92 Å². The van der Waals surface area contributed by atoms with E-state index in [4.69, 9.17) is 0 Å². The number of piperidine rings is 1. The first-order chi connectivity index (χ1) is 13.0. The van der Waals surface area contributed by atoms with Gasteiger partial charge in [-0.2, -0.15) is 0 Å². The van der Waals surface area contributed by atoms with Gasteiger partial charge in [0.1, 0.15) is 0 Å². The van der Waals surface area contributed by atoms with Gasteiger partial charge in [-0.1, -0.05) is 37.3 Å². The fourth-order valence-electron chi connectivity index (χ4n) is 4.27. The van der Waals surface area contributed by atoms with Crippen molar-refractivity contribution in [2.24, 2.45) is 5.92 Å². The van der Waals surface area contributed by atoms with Crippen LogP contribution in [-0.4, -0.2) is 42.3 Å². The molecular weight excluding hydrogens is 336 g/mol. The topological polar surface area (TPSA) is 49.4 Å². The van der Waals surface area contributed by atoms with Crippen molar-refractivity contribution in [3.05, 3.63) is 59.2 Å². The van der Waals surface area contributed by atoms with Crippen LogP contribution in [0.1, 0.15) is 53.0 Å². The highest BCUT2D eigenvalue weighted by Crippen LogP contribution is 2.36. The van der Waals surface area contributed by atoms with E-state index in [1.54, 1.807) is 6.07 Å². The minimum atomic E-state index is -0.113. The number of likely N-dealkylation sites (tertiary alicyclic amines) is 1. The zero-order chi connectivity index (χ0) is 19.0. The third kappa shape index (κ3) is 3.42. The summed E-state index contributed by atoms with van der Waals surface area (Å²) in [5.74, 6) is 0.616. The van der Waals surface area contributed by atoms with Crippen LogP contribution in [0.25, 0.3) is 11.1 Å². The maximum atomic E-state index is 12.6. The van der Waals surface area contributed by atoms with E-state index in [0.29, 0.717) is 23.7 Å². The summed E-state index contributed by atoms with van der Waals surface area (Å²) in [5.41, 5.74) is 3.77. The van der Waals surface area contributed by atoms with Crippen molar-refractivity contribution in [1.29, 1.82) is 0 Å². The minimum absolute atomic E-state index is 0.00548. The van der Waals surface area contributed by atoms with Gasteiger partial charge in [-0.05, 0) is 55.5 Å². The van der Waals surface area contributed by atoms with Crippen LogP contribution >= 0.6 is 0 Å². The zero-order valence-electron chi connectivity index (χ0n) is 16.0. The van der Waals surface area contributed by atoms with E-state index >= 15 is 0 Å². The molecule has 1 aliphatic carbocycles. The Kier molecular flexibility index (Phi) is 4.83. The molecule has 0 saturated carbocycles. The maximum absolute atomic E-state index is 12.6. The average Bonchev–Trinajstić information content (AvgIpc) is 2.98. The lowest BCUT2D eigenvalue weighted by molar-refractivity contribution is 0.0917. The molecule has 2 aromatic carbocycles. The van der Waals surface area contributed by atoms with Gasteiger partial charge in [0.2, 0.25) is 0 Å². The number of carbonyl (C=O) groups excluding carboxylic acids is 2. The first kappa shape index (κ1) is 17.9. The van der Waals surface area contributed by atoms with Gasteiger partial charge in [0.15, 0.2) is 5.78 Å². The Labute approximate surface area is 160 Å².